The summed E-state index contributed by atoms with van der Waals surface area (Å²) in [6.45, 7) is 7.47. The van der Waals surface area contributed by atoms with Crippen molar-refractivity contribution in [3.63, 3.8) is 0 Å². The molecule has 0 bridgehead atoms. The van der Waals surface area contributed by atoms with E-state index in [1.807, 2.05) is 13.0 Å². The van der Waals surface area contributed by atoms with Gasteiger partial charge in [0.1, 0.15) is 11.7 Å². The second kappa shape index (κ2) is 9.08. The van der Waals surface area contributed by atoms with Gasteiger partial charge < -0.3 is 15.0 Å². The molecule has 2 amide bonds. The summed E-state index contributed by atoms with van der Waals surface area (Å²) in [6.07, 6.45) is 1.74. The van der Waals surface area contributed by atoms with E-state index in [2.05, 4.69) is 10.3 Å². The first-order chi connectivity index (χ1) is 13.4. The molecule has 1 fully saturated rings. The third-order valence-corrected chi connectivity index (χ3v) is 4.90. The van der Waals surface area contributed by atoms with Crippen molar-refractivity contribution in [1.29, 1.82) is 0 Å². The van der Waals surface area contributed by atoms with Gasteiger partial charge in [-0.3, -0.25) is 14.0 Å². The zero-order chi connectivity index (χ0) is 21.8. The molecule has 0 aromatic carbocycles. The predicted octanol–water partition coefficient (Wildman–Crippen LogP) is 1.92. The third kappa shape index (κ3) is 6.97. The van der Waals surface area contributed by atoms with Crippen molar-refractivity contribution >= 4 is 22.1 Å². The second-order valence-electron chi connectivity index (χ2n) is 8.05. The second-order valence-corrected chi connectivity index (χ2v) is 9.65. The van der Waals surface area contributed by atoms with Crippen LogP contribution in [-0.2, 0) is 23.8 Å². The molecule has 0 radical (unpaired) electrons. The van der Waals surface area contributed by atoms with Crippen LogP contribution in [0.4, 0.5) is 4.79 Å². The maximum atomic E-state index is 12.4. The number of nitrogens with zero attached hydrogens (tertiary/aromatic N) is 2. The normalized spacial score (nSPS) is 18.6. The largest absolute Gasteiger partial charge is 0.444 e. The quantitative estimate of drug-likeness (QED) is 0.661. The van der Waals surface area contributed by atoms with E-state index in [0.717, 1.165) is 11.8 Å². The Balaban J connectivity index is 2.16. The summed E-state index contributed by atoms with van der Waals surface area (Å²) in [6, 6.07) is 3.05. The van der Waals surface area contributed by atoms with Gasteiger partial charge in [-0.1, -0.05) is 6.07 Å². The lowest BCUT2D eigenvalue weighted by atomic mass is 10.0. The Morgan fingerprint density at radius 2 is 2.10 bits per heavy atom. The average Bonchev–Trinajstić information content (AvgIpc) is 2.92. The number of amides is 2. The number of pyridine rings is 1. The Kier molecular flexibility index (Phi) is 7.23. The van der Waals surface area contributed by atoms with Gasteiger partial charge in [0.2, 0.25) is 5.91 Å². The van der Waals surface area contributed by atoms with Crippen LogP contribution in [0.1, 0.15) is 51.0 Å². The van der Waals surface area contributed by atoms with Crippen LogP contribution in [0.5, 0.6) is 0 Å². The van der Waals surface area contributed by atoms with Crippen LogP contribution in [0.3, 0.4) is 0 Å². The van der Waals surface area contributed by atoms with E-state index in [1.165, 1.54) is 0 Å². The van der Waals surface area contributed by atoms with E-state index in [-0.39, 0.29) is 25.4 Å². The molecule has 1 N–H and O–H groups in total. The average molecular weight is 428 g/mol. The lowest BCUT2D eigenvalue weighted by Crippen LogP contribution is -2.44. The molecule has 0 aliphatic carbocycles. The lowest BCUT2D eigenvalue weighted by Gasteiger charge is -2.31. The number of ether oxygens (including phenoxy) is 1. The molecule has 1 aliphatic rings. The Bertz CT molecular complexity index is 850. The van der Waals surface area contributed by atoms with Crippen molar-refractivity contribution in [3.8, 4) is 0 Å². The van der Waals surface area contributed by atoms with Crippen molar-refractivity contribution < 1.29 is 26.9 Å². The SMILES string of the molecule is Cc1cccnc1C(OS(C)(=O)=O)C1CCC(=O)N1CCNC(=O)OC(C)(C)C. The summed E-state index contributed by atoms with van der Waals surface area (Å²) >= 11 is 0. The Hall–Kier alpha value is -2.20. The molecule has 2 rings (SSSR count). The van der Waals surface area contributed by atoms with E-state index in [0.29, 0.717) is 12.1 Å². The molecule has 2 unspecified atom stereocenters. The van der Waals surface area contributed by atoms with Gasteiger partial charge in [-0.25, -0.2) is 4.79 Å². The van der Waals surface area contributed by atoms with E-state index >= 15 is 0 Å². The molecular formula is C19H29N3O6S. The number of carbonyl (C=O) groups excluding carboxylic acids is 2. The highest BCUT2D eigenvalue weighted by Gasteiger charge is 2.40. The van der Waals surface area contributed by atoms with Crippen LogP contribution in [0.25, 0.3) is 0 Å². The number of aryl methyl sites for hydroxylation is 1. The van der Waals surface area contributed by atoms with Gasteiger partial charge in [0.05, 0.1) is 18.0 Å². The molecule has 1 aromatic heterocycles. The van der Waals surface area contributed by atoms with Crippen LogP contribution in [-0.4, -0.2) is 61.3 Å². The lowest BCUT2D eigenvalue weighted by molar-refractivity contribution is -0.130. The molecule has 2 heterocycles. The monoisotopic (exact) mass is 427 g/mol. The highest BCUT2D eigenvalue weighted by Crippen LogP contribution is 2.34. The first-order valence-electron chi connectivity index (χ1n) is 9.43. The maximum Gasteiger partial charge on any atom is 0.407 e. The van der Waals surface area contributed by atoms with E-state index in [4.69, 9.17) is 8.92 Å². The highest BCUT2D eigenvalue weighted by molar-refractivity contribution is 7.86. The van der Waals surface area contributed by atoms with Crippen molar-refractivity contribution in [2.24, 2.45) is 0 Å². The number of alkyl carbamates (subject to hydrolysis) is 1. The van der Waals surface area contributed by atoms with E-state index < -0.39 is 34.0 Å². The van der Waals surface area contributed by atoms with Crippen LogP contribution in [0.2, 0.25) is 0 Å². The third-order valence-electron chi connectivity index (χ3n) is 4.34. The molecule has 1 aliphatic heterocycles. The number of hydrogen-bond donors (Lipinski definition) is 1. The van der Waals surface area contributed by atoms with Gasteiger partial charge in [-0.15, -0.1) is 0 Å². The minimum Gasteiger partial charge on any atom is -0.444 e. The molecule has 0 spiro atoms. The van der Waals surface area contributed by atoms with E-state index in [1.54, 1.807) is 37.9 Å². The summed E-state index contributed by atoms with van der Waals surface area (Å²) in [7, 11) is -3.79. The molecule has 9 nitrogen and oxygen atoms in total. The fourth-order valence-corrected chi connectivity index (χ4v) is 3.83. The van der Waals surface area contributed by atoms with Crippen LogP contribution < -0.4 is 5.32 Å². The van der Waals surface area contributed by atoms with Crippen molar-refractivity contribution in [1.82, 2.24) is 15.2 Å². The number of hydrogen-bond acceptors (Lipinski definition) is 7. The molecule has 1 aromatic rings. The molecule has 2 atom stereocenters. The molecule has 162 valence electrons. The topological polar surface area (TPSA) is 115 Å². The molecule has 0 saturated carbocycles. The van der Waals surface area contributed by atoms with Gasteiger partial charge in [-0.2, -0.15) is 8.42 Å². The summed E-state index contributed by atoms with van der Waals surface area (Å²) in [5, 5.41) is 2.62. The molecule has 10 heteroatoms. The van der Waals surface area contributed by atoms with Crippen LogP contribution >= 0.6 is 0 Å². The highest BCUT2D eigenvalue weighted by atomic mass is 32.2. The Labute approximate surface area is 171 Å². The molecular weight excluding hydrogens is 398 g/mol. The predicted molar refractivity (Wildman–Crippen MR) is 107 cm³/mol. The number of carbonyl (C=O) groups is 2. The zero-order valence-corrected chi connectivity index (χ0v) is 18.3. The van der Waals surface area contributed by atoms with Gasteiger partial charge in [0.15, 0.2) is 0 Å². The maximum absolute atomic E-state index is 12.4. The van der Waals surface area contributed by atoms with Gasteiger partial charge in [-0.05, 0) is 45.7 Å². The van der Waals surface area contributed by atoms with Gasteiger partial charge in [0.25, 0.3) is 10.1 Å². The fraction of sp³-hybridized carbons (Fsp3) is 0.632. The summed E-state index contributed by atoms with van der Waals surface area (Å²) in [4.78, 5) is 30.1. The zero-order valence-electron chi connectivity index (χ0n) is 17.5. The molecule has 1 saturated heterocycles. The number of likely N-dealkylation sites (tertiary alicyclic amines) is 1. The number of nitrogens with one attached hydrogen (secondary N) is 1. The van der Waals surface area contributed by atoms with Crippen molar-refractivity contribution in [2.45, 2.75) is 58.3 Å². The van der Waals surface area contributed by atoms with Crippen molar-refractivity contribution in [3.05, 3.63) is 29.6 Å². The minimum absolute atomic E-state index is 0.128. The number of rotatable bonds is 7. The first kappa shape index (κ1) is 23.1. The van der Waals surface area contributed by atoms with Crippen molar-refractivity contribution in [2.75, 3.05) is 19.3 Å². The fourth-order valence-electron chi connectivity index (χ4n) is 3.23. The number of aromatic nitrogens is 1. The Morgan fingerprint density at radius 1 is 1.41 bits per heavy atom. The Morgan fingerprint density at radius 3 is 2.69 bits per heavy atom. The van der Waals surface area contributed by atoms with E-state index in [9.17, 15) is 18.0 Å². The van der Waals surface area contributed by atoms with Crippen LogP contribution in [0, 0.1) is 6.92 Å². The van der Waals surface area contributed by atoms with Gasteiger partial charge in [0, 0.05) is 25.7 Å². The van der Waals surface area contributed by atoms with Crippen LogP contribution in [0.15, 0.2) is 18.3 Å². The van der Waals surface area contributed by atoms with Gasteiger partial charge >= 0.3 is 6.09 Å². The first-order valence-corrected chi connectivity index (χ1v) is 11.2. The standard InChI is InChI=1S/C19H29N3O6S/c1-13-7-6-10-20-16(13)17(28-29(5,25)26)14-8-9-15(23)22(14)12-11-21-18(24)27-19(2,3)4/h6-7,10,14,17H,8-9,11-12H2,1-5H3,(H,21,24). The summed E-state index contributed by atoms with van der Waals surface area (Å²) in [5.41, 5.74) is 0.621. The minimum atomic E-state index is -3.79. The molecule has 29 heavy (non-hydrogen) atoms. The summed E-state index contributed by atoms with van der Waals surface area (Å²) in [5.74, 6) is -0.128. The smallest absolute Gasteiger partial charge is 0.407 e. The summed E-state index contributed by atoms with van der Waals surface area (Å²) < 4.78 is 34.3.